The lowest BCUT2D eigenvalue weighted by molar-refractivity contribution is -0.134. The Morgan fingerprint density at radius 1 is 1.33 bits per heavy atom. The van der Waals surface area contributed by atoms with Crippen molar-refractivity contribution in [3.63, 3.8) is 0 Å². The van der Waals surface area contributed by atoms with E-state index in [0.29, 0.717) is 5.70 Å². The van der Waals surface area contributed by atoms with Gasteiger partial charge in [-0.3, -0.25) is 9.69 Å². The van der Waals surface area contributed by atoms with Crippen LogP contribution in [0.15, 0.2) is 30.3 Å². The molecule has 0 radical (unpaired) electrons. The van der Waals surface area contributed by atoms with E-state index in [1.807, 2.05) is 6.07 Å². The largest absolute Gasteiger partial charge is 0.418 e. The lowest BCUT2D eigenvalue weighted by Gasteiger charge is -2.53. The molecule has 1 aromatic heterocycles. The number of carbonyl (C=O) groups is 2. The molecule has 4 heterocycles. The van der Waals surface area contributed by atoms with Crippen LogP contribution in [-0.2, 0) is 20.5 Å². The number of piperidine rings is 1. The molecule has 3 aliphatic rings. The van der Waals surface area contributed by atoms with Crippen LogP contribution < -0.4 is 5.32 Å². The van der Waals surface area contributed by atoms with Crippen molar-refractivity contribution in [2.75, 3.05) is 19.6 Å². The first kappa shape index (κ1) is 19.7. The summed E-state index contributed by atoms with van der Waals surface area (Å²) < 4.78 is 6.69. The van der Waals surface area contributed by atoms with Gasteiger partial charge in [-0.05, 0) is 49.9 Å². The van der Waals surface area contributed by atoms with E-state index in [2.05, 4.69) is 50.5 Å². The number of aromatic nitrogens is 1. The number of hydrogen-bond acceptors (Lipinski definition) is 5. The molecule has 0 saturated carbocycles. The van der Waals surface area contributed by atoms with Crippen molar-refractivity contribution in [1.82, 2.24) is 14.8 Å². The molecule has 0 bridgehead atoms. The van der Waals surface area contributed by atoms with Crippen molar-refractivity contribution in [1.29, 1.82) is 0 Å². The van der Waals surface area contributed by atoms with Crippen LogP contribution in [0.4, 0.5) is 0 Å². The molecule has 1 amide bonds. The van der Waals surface area contributed by atoms with Gasteiger partial charge in [-0.1, -0.05) is 25.1 Å². The minimum Gasteiger partial charge on any atom is -0.418 e. The molecule has 0 spiro atoms. The minimum atomic E-state index is -0.918. The molecule has 3 aliphatic heterocycles. The molecule has 1 unspecified atom stereocenters. The maximum Gasteiger partial charge on any atom is 0.329 e. The SMILES string of the molecule is CC[C@@]12C=C(C(=O)NCC(=O)OPO)n3c4c(c5ccccc53)CCN(CCC1)[C@H]42. The molecule has 7 nitrogen and oxygen atoms in total. The first-order valence-corrected chi connectivity index (χ1v) is 11.4. The molecule has 1 aromatic carbocycles. The molecule has 8 heteroatoms. The molecule has 1 saturated heterocycles. The Hall–Kier alpha value is -2.21. The molecule has 2 N–H and O–H groups in total. The summed E-state index contributed by atoms with van der Waals surface area (Å²) in [4.78, 5) is 36.3. The highest BCUT2D eigenvalue weighted by molar-refractivity contribution is 7.25. The van der Waals surface area contributed by atoms with Crippen LogP contribution in [-0.4, -0.2) is 45.9 Å². The zero-order valence-corrected chi connectivity index (χ0v) is 18.0. The van der Waals surface area contributed by atoms with Gasteiger partial charge in [0.15, 0.2) is 0 Å². The van der Waals surface area contributed by atoms with E-state index < -0.39 is 15.0 Å². The lowest BCUT2D eigenvalue weighted by Crippen LogP contribution is -2.51. The van der Waals surface area contributed by atoms with E-state index in [0.717, 1.165) is 44.3 Å². The van der Waals surface area contributed by atoms with Crippen LogP contribution in [0, 0.1) is 5.41 Å². The minimum absolute atomic E-state index is 0.0859. The van der Waals surface area contributed by atoms with Gasteiger partial charge in [0, 0.05) is 23.0 Å². The second kappa shape index (κ2) is 7.49. The molecule has 5 rings (SSSR count). The van der Waals surface area contributed by atoms with Crippen molar-refractivity contribution < 1.29 is 19.0 Å². The quantitative estimate of drug-likeness (QED) is 0.717. The van der Waals surface area contributed by atoms with Crippen LogP contribution in [0.2, 0.25) is 0 Å². The Balaban J connectivity index is 1.66. The van der Waals surface area contributed by atoms with Crippen molar-refractivity contribution in [2.24, 2.45) is 5.41 Å². The van der Waals surface area contributed by atoms with E-state index in [4.69, 9.17) is 4.89 Å². The molecule has 1 fully saturated rings. The van der Waals surface area contributed by atoms with Gasteiger partial charge >= 0.3 is 5.97 Å². The Morgan fingerprint density at radius 2 is 2.17 bits per heavy atom. The summed E-state index contributed by atoms with van der Waals surface area (Å²) in [6.07, 6.45) is 6.27. The molecule has 158 valence electrons. The number of nitrogens with one attached hydrogen (secondary N) is 1. The summed E-state index contributed by atoms with van der Waals surface area (Å²) in [6, 6.07) is 8.57. The normalized spacial score (nSPS) is 25.3. The van der Waals surface area contributed by atoms with Crippen molar-refractivity contribution in [3.8, 4) is 0 Å². The predicted octanol–water partition coefficient (Wildman–Crippen LogP) is 2.75. The monoisotopic (exact) mass is 427 g/mol. The van der Waals surface area contributed by atoms with Crippen LogP contribution in [0.1, 0.15) is 43.5 Å². The van der Waals surface area contributed by atoms with Gasteiger partial charge < -0.3 is 19.3 Å². The number of hydrogen-bond donors (Lipinski definition) is 2. The highest BCUT2D eigenvalue weighted by Crippen LogP contribution is 2.56. The number of para-hydroxylation sites is 1. The van der Waals surface area contributed by atoms with Gasteiger partial charge in [0.2, 0.25) is 9.03 Å². The maximum atomic E-state index is 13.3. The van der Waals surface area contributed by atoms with Crippen molar-refractivity contribution >= 4 is 37.5 Å². The Bertz CT molecular complexity index is 1060. The topological polar surface area (TPSA) is 83.8 Å². The number of rotatable bonds is 5. The second-order valence-corrected chi connectivity index (χ2v) is 8.76. The standard InChI is InChI=1S/C22H26N3O4P/c1-2-22-9-5-10-24-11-8-15-14-6-3-4-7-16(14)25(19(15)20(22)24)17(12-22)21(27)23-13-18(26)29-30-28/h3-4,6-7,12,20,28,30H,2,5,8-11,13H2,1H3,(H,23,27)/t20-,22+/m1/s1. The Labute approximate surface area is 177 Å². The zero-order chi connectivity index (χ0) is 20.9. The Kier molecular flexibility index (Phi) is 4.92. The van der Waals surface area contributed by atoms with Crippen LogP contribution in [0.25, 0.3) is 16.6 Å². The van der Waals surface area contributed by atoms with E-state index in [9.17, 15) is 9.59 Å². The molecule has 2 aromatic rings. The number of carbonyl (C=O) groups excluding carboxylic acids is 2. The molecular weight excluding hydrogens is 401 g/mol. The summed E-state index contributed by atoms with van der Waals surface area (Å²) >= 11 is 0. The fourth-order valence-corrected chi connectivity index (χ4v) is 5.95. The van der Waals surface area contributed by atoms with Gasteiger partial charge in [-0.25, -0.2) is 4.79 Å². The van der Waals surface area contributed by atoms with Gasteiger partial charge in [0.25, 0.3) is 5.91 Å². The molecule has 0 aliphatic carbocycles. The maximum absolute atomic E-state index is 13.3. The first-order chi connectivity index (χ1) is 14.6. The Morgan fingerprint density at radius 3 is 2.97 bits per heavy atom. The van der Waals surface area contributed by atoms with E-state index in [1.165, 1.54) is 16.6 Å². The van der Waals surface area contributed by atoms with E-state index >= 15 is 0 Å². The van der Waals surface area contributed by atoms with E-state index in [1.54, 1.807) is 0 Å². The smallest absolute Gasteiger partial charge is 0.329 e. The molecular formula is C22H26N3O4P. The predicted molar refractivity (Wildman–Crippen MR) is 116 cm³/mol. The highest BCUT2D eigenvalue weighted by atomic mass is 31.1. The summed E-state index contributed by atoms with van der Waals surface area (Å²) in [5, 5.41) is 3.91. The first-order valence-electron chi connectivity index (χ1n) is 10.6. The third kappa shape index (κ3) is 2.83. The summed E-state index contributed by atoms with van der Waals surface area (Å²) in [7, 11) is -0.918. The van der Waals surface area contributed by atoms with Gasteiger partial charge in [0.1, 0.15) is 12.2 Å². The summed E-state index contributed by atoms with van der Waals surface area (Å²) in [5.41, 5.74) is 4.15. The van der Waals surface area contributed by atoms with Crippen molar-refractivity contribution in [3.05, 3.63) is 41.6 Å². The third-order valence-corrected chi connectivity index (χ3v) is 7.35. The summed E-state index contributed by atoms with van der Waals surface area (Å²) in [6.45, 7) is 4.09. The number of amides is 1. The van der Waals surface area contributed by atoms with Crippen LogP contribution in [0.3, 0.4) is 0 Å². The number of fused-ring (bicyclic) bond motifs is 3. The fraction of sp³-hybridized carbons (Fsp3) is 0.455. The van der Waals surface area contributed by atoms with Crippen LogP contribution >= 0.6 is 9.03 Å². The highest BCUT2D eigenvalue weighted by Gasteiger charge is 2.50. The number of benzene rings is 1. The van der Waals surface area contributed by atoms with Crippen LogP contribution in [0.5, 0.6) is 0 Å². The second-order valence-electron chi connectivity index (χ2n) is 8.37. The van der Waals surface area contributed by atoms with Gasteiger partial charge in [0.05, 0.1) is 11.6 Å². The fourth-order valence-electron chi connectivity index (χ4n) is 5.78. The molecule has 3 atom stereocenters. The summed E-state index contributed by atoms with van der Waals surface area (Å²) in [5.74, 6) is -0.933. The van der Waals surface area contributed by atoms with Crippen molar-refractivity contribution in [2.45, 2.75) is 38.6 Å². The average Bonchev–Trinajstić information content (AvgIpc) is 3.11. The van der Waals surface area contributed by atoms with E-state index in [-0.39, 0.29) is 23.9 Å². The third-order valence-electron chi connectivity index (χ3n) is 7.03. The van der Waals surface area contributed by atoms with Gasteiger partial charge in [-0.2, -0.15) is 0 Å². The molecule has 30 heavy (non-hydrogen) atoms. The lowest BCUT2D eigenvalue weighted by atomic mass is 9.66. The number of nitrogens with zero attached hydrogens (tertiary/aromatic N) is 2. The van der Waals surface area contributed by atoms with Gasteiger partial charge in [-0.15, -0.1) is 0 Å². The average molecular weight is 427 g/mol. The zero-order valence-electron chi connectivity index (χ0n) is 17.0.